The van der Waals surface area contributed by atoms with E-state index in [9.17, 15) is 9.59 Å². The molecule has 1 aromatic heterocycles. The molecule has 0 aliphatic rings. The van der Waals surface area contributed by atoms with Gasteiger partial charge in [-0.25, -0.2) is 9.78 Å². The molecule has 48 heavy (non-hydrogen) atoms. The standard InChI is InChI=1S/C37H46N6O5/c1-8-43(9-2)22-11-10-21-38-35(44)27-15-17-28(18-16-27)39-36-40-31(30-14-12-13-25(3)26(30)4)24-34(41-36)48-37(45)42(5)32-23-29(46-6)19-20-33(32)47-7/h12-20,23-24H,8-11,21-22H2,1-7H3,(H,38,44)(H,39,40,41). The SMILES string of the molecule is CCN(CC)CCCCNC(=O)c1ccc(Nc2nc(OC(=O)N(C)c3cc(OC)ccc3OC)cc(-c3cccc(C)c3C)n2)cc1. The molecule has 2 amide bonds. The van der Waals surface area contributed by atoms with E-state index in [0.29, 0.717) is 40.7 Å². The van der Waals surface area contributed by atoms with Crippen molar-refractivity contribution in [3.8, 4) is 28.6 Å². The molecule has 1 heterocycles. The first-order valence-electron chi connectivity index (χ1n) is 16.2. The number of methoxy groups -OCH3 is 2. The second-order valence-electron chi connectivity index (χ2n) is 11.3. The fourth-order valence-corrected chi connectivity index (χ4v) is 5.15. The van der Waals surface area contributed by atoms with E-state index in [0.717, 1.165) is 49.2 Å². The van der Waals surface area contributed by atoms with Crippen LogP contribution in [0.4, 0.5) is 22.1 Å². The third-order valence-corrected chi connectivity index (χ3v) is 8.28. The van der Waals surface area contributed by atoms with Gasteiger partial charge in [0.15, 0.2) is 0 Å². The number of carbonyl (C=O) groups excluding carboxylic acids is 2. The molecule has 0 aliphatic carbocycles. The highest BCUT2D eigenvalue weighted by atomic mass is 16.6. The Balaban J connectivity index is 1.52. The summed E-state index contributed by atoms with van der Waals surface area (Å²) in [5, 5.41) is 6.21. The quantitative estimate of drug-likeness (QED) is 0.131. The molecule has 0 unspecified atom stereocenters. The summed E-state index contributed by atoms with van der Waals surface area (Å²) in [6.45, 7) is 12.1. The fraction of sp³-hybridized carbons (Fsp3) is 0.351. The second-order valence-corrected chi connectivity index (χ2v) is 11.3. The number of hydrogen-bond acceptors (Lipinski definition) is 9. The van der Waals surface area contributed by atoms with Crippen LogP contribution in [0, 0.1) is 13.8 Å². The van der Waals surface area contributed by atoms with Crippen LogP contribution < -0.4 is 29.7 Å². The minimum Gasteiger partial charge on any atom is -0.497 e. The molecule has 0 atom stereocenters. The van der Waals surface area contributed by atoms with Crippen molar-refractivity contribution in [3.05, 3.63) is 83.4 Å². The number of carbonyl (C=O) groups is 2. The van der Waals surface area contributed by atoms with Gasteiger partial charge < -0.3 is 29.7 Å². The normalized spacial score (nSPS) is 10.8. The Hall–Kier alpha value is -5.16. The molecule has 2 N–H and O–H groups in total. The highest BCUT2D eigenvalue weighted by molar-refractivity contribution is 5.94. The molecule has 0 spiro atoms. The number of aryl methyl sites for hydroxylation is 1. The molecule has 0 bridgehead atoms. The Morgan fingerprint density at radius 3 is 2.31 bits per heavy atom. The maximum absolute atomic E-state index is 13.4. The van der Waals surface area contributed by atoms with Gasteiger partial charge >= 0.3 is 6.09 Å². The maximum atomic E-state index is 13.4. The van der Waals surface area contributed by atoms with E-state index in [1.807, 2.05) is 32.0 Å². The van der Waals surface area contributed by atoms with Gasteiger partial charge in [-0.05, 0) is 93.8 Å². The van der Waals surface area contributed by atoms with Crippen LogP contribution in [0.5, 0.6) is 17.4 Å². The van der Waals surface area contributed by atoms with Gasteiger partial charge in [0.1, 0.15) is 11.5 Å². The topological polar surface area (TPSA) is 118 Å². The van der Waals surface area contributed by atoms with Gasteiger partial charge in [-0.1, -0.05) is 32.0 Å². The van der Waals surface area contributed by atoms with Crippen LogP contribution in [0.1, 0.15) is 48.2 Å². The third-order valence-electron chi connectivity index (χ3n) is 8.28. The van der Waals surface area contributed by atoms with Gasteiger partial charge in [0.2, 0.25) is 11.8 Å². The third kappa shape index (κ3) is 9.22. The number of hydrogen-bond donors (Lipinski definition) is 2. The summed E-state index contributed by atoms with van der Waals surface area (Å²) in [6, 6.07) is 19.8. The van der Waals surface area contributed by atoms with E-state index in [1.165, 1.54) is 12.0 Å². The van der Waals surface area contributed by atoms with Gasteiger partial charge in [-0.3, -0.25) is 9.69 Å². The first kappa shape index (κ1) is 35.7. The number of unbranched alkanes of at least 4 members (excludes halogenated alkanes) is 1. The molecular formula is C37H46N6O5. The summed E-state index contributed by atoms with van der Waals surface area (Å²) in [7, 11) is 4.65. The first-order chi connectivity index (χ1) is 23.2. The average Bonchev–Trinajstić information content (AvgIpc) is 3.10. The molecule has 0 saturated carbocycles. The van der Waals surface area contributed by atoms with E-state index in [2.05, 4.69) is 34.4 Å². The summed E-state index contributed by atoms with van der Waals surface area (Å²) in [4.78, 5) is 39.1. The Bertz CT molecular complexity index is 1690. The largest absolute Gasteiger partial charge is 0.497 e. The van der Waals surface area contributed by atoms with Gasteiger partial charge in [0, 0.05) is 42.5 Å². The lowest BCUT2D eigenvalue weighted by Crippen LogP contribution is -2.30. The molecule has 254 valence electrons. The molecule has 11 heteroatoms. The van der Waals surface area contributed by atoms with Gasteiger partial charge in [0.25, 0.3) is 5.91 Å². The van der Waals surface area contributed by atoms with Crippen molar-refractivity contribution in [1.82, 2.24) is 20.2 Å². The van der Waals surface area contributed by atoms with Gasteiger partial charge in [0.05, 0.1) is 25.6 Å². The highest BCUT2D eigenvalue weighted by Gasteiger charge is 2.21. The summed E-state index contributed by atoms with van der Waals surface area (Å²) >= 11 is 0. The Labute approximate surface area is 283 Å². The number of aromatic nitrogens is 2. The zero-order valence-corrected chi connectivity index (χ0v) is 28.9. The van der Waals surface area contributed by atoms with Crippen molar-refractivity contribution in [3.63, 3.8) is 0 Å². The number of ether oxygens (including phenoxy) is 3. The molecule has 11 nitrogen and oxygen atoms in total. The maximum Gasteiger partial charge on any atom is 0.420 e. The Kier molecular flexibility index (Phi) is 12.7. The number of nitrogens with one attached hydrogen (secondary N) is 2. The van der Waals surface area contributed by atoms with Crippen LogP contribution in [0.25, 0.3) is 11.3 Å². The molecular weight excluding hydrogens is 608 g/mol. The molecule has 4 rings (SSSR count). The zero-order valence-electron chi connectivity index (χ0n) is 28.9. The minimum atomic E-state index is -0.679. The lowest BCUT2D eigenvalue weighted by atomic mass is 10.0. The fourth-order valence-electron chi connectivity index (χ4n) is 5.15. The highest BCUT2D eigenvalue weighted by Crippen LogP contribution is 2.33. The minimum absolute atomic E-state index is 0.0547. The molecule has 4 aromatic rings. The number of rotatable bonds is 15. The molecule has 0 fully saturated rings. The monoisotopic (exact) mass is 654 g/mol. The van der Waals surface area contributed by atoms with Crippen molar-refractivity contribution < 1.29 is 23.8 Å². The van der Waals surface area contributed by atoms with Crippen LogP contribution in [0.15, 0.2) is 66.7 Å². The van der Waals surface area contributed by atoms with E-state index in [4.69, 9.17) is 19.2 Å². The Morgan fingerprint density at radius 2 is 1.62 bits per heavy atom. The van der Waals surface area contributed by atoms with Crippen molar-refractivity contribution in [2.75, 3.05) is 57.7 Å². The van der Waals surface area contributed by atoms with Gasteiger partial charge in [-0.2, -0.15) is 4.98 Å². The van der Waals surface area contributed by atoms with Crippen LogP contribution >= 0.6 is 0 Å². The van der Waals surface area contributed by atoms with Crippen molar-refractivity contribution in [2.24, 2.45) is 0 Å². The summed E-state index contributed by atoms with van der Waals surface area (Å²) < 4.78 is 16.6. The van der Waals surface area contributed by atoms with Crippen molar-refractivity contribution >= 4 is 29.3 Å². The molecule has 0 aliphatic heterocycles. The lowest BCUT2D eigenvalue weighted by Gasteiger charge is -2.20. The molecule has 0 saturated heterocycles. The van der Waals surface area contributed by atoms with Crippen LogP contribution in [0.2, 0.25) is 0 Å². The average molecular weight is 655 g/mol. The zero-order chi connectivity index (χ0) is 34.6. The number of amides is 2. The second kappa shape index (κ2) is 17.1. The van der Waals surface area contributed by atoms with Crippen molar-refractivity contribution in [2.45, 2.75) is 40.5 Å². The summed E-state index contributed by atoms with van der Waals surface area (Å²) in [5.74, 6) is 1.19. The number of nitrogens with zero attached hydrogens (tertiary/aromatic N) is 4. The van der Waals surface area contributed by atoms with E-state index >= 15 is 0 Å². The smallest absolute Gasteiger partial charge is 0.420 e. The Morgan fingerprint density at radius 1 is 0.875 bits per heavy atom. The summed E-state index contributed by atoms with van der Waals surface area (Å²) in [5.41, 5.74) is 5.29. The number of anilines is 3. The van der Waals surface area contributed by atoms with E-state index in [1.54, 1.807) is 62.7 Å². The van der Waals surface area contributed by atoms with Crippen molar-refractivity contribution in [1.29, 1.82) is 0 Å². The molecule has 0 radical (unpaired) electrons. The van der Waals surface area contributed by atoms with Crippen LogP contribution in [0.3, 0.4) is 0 Å². The van der Waals surface area contributed by atoms with Crippen LogP contribution in [-0.4, -0.2) is 74.3 Å². The first-order valence-corrected chi connectivity index (χ1v) is 16.2. The van der Waals surface area contributed by atoms with E-state index < -0.39 is 6.09 Å². The predicted molar refractivity (Wildman–Crippen MR) is 190 cm³/mol. The van der Waals surface area contributed by atoms with E-state index in [-0.39, 0.29) is 17.7 Å². The number of benzene rings is 3. The van der Waals surface area contributed by atoms with Gasteiger partial charge in [-0.15, -0.1) is 0 Å². The lowest BCUT2D eigenvalue weighted by molar-refractivity contribution is 0.0952. The van der Waals surface area contributed by atoms with Crippen LogP contribution in [-0.2, 0) is 0 Å². The molecule has 3 aromatic carbocycles. The summed E-state index contributed by atoms with van der Waals surface area (Å²) in [6.07, 6.45) is 1.28. The predicted octanol–water partition coefficient (Wildman–Crippen LogP) is 7.01.